The quantitative estimate of drug-likeness (QED) is 0.730. The molecule has 2 heteroatoms. The summed E-state index contributed by atoms with van der Waals surface area (Å²) in [6.45, 7) is 20.0. The molecule has 138 valence electrons. The summed E-state index contributed by atoms with van der Waals surface area (Å²) in [5.74, 6) is 0. The Hall–Kier alpha value is -1.28. The topological polar surface area (TPSA) is 6.48 Å². The van der Waals surface area contributed by atoms with Crippen LogP contribution in [0, 0.1) is 17.8 Å². The normalized spacial score (nSPS) is 23.4. The number of rotatable bonds is 3. The van der Waals surface area contributed by atoms with Gasteiger partial charge in [-0.1, -0.05) is 52.8 Å². The largest absolute Gasteiger partial charge is 0.368 e. The van der Waals surface area contributed by atoms with E-state index in [1.807, 2.05) is 0 Å². The Balaban J connectivity index is 1.98. The lowest BCUT2D eigenvalue weighted by Crippen LogP contribution is -2.46. The van der Waals surface area contributed by atoms with Crippen molar-refractivity contribution in [3.05, 3.63) is 35.4 Å². The Bertz CT molecular complexity index is 646. The van der Waals surface area contributed by atoms with Gasteiger partial charge in [0.25, 0.3) is 0 Å². The summed E-state index contributed by atoms with van der Waals surface area (Å²) in [5, 5.41) is 0. The molecule has 0 bridgehead atoms. The van der Waals surface area contributed by atoms with Gasteiger partial charge in [-0.3, -0.25) is 0 Å². The Morgan fingerprint density at radius 2 is 1.68 bits per heavy atom. The monoisotopic (exact) mass is 340 g/mol. The van der Waals surface area contributed by atoms with Crippen LogP contribution in [0.25, 0.3) is 5.57 Å². The van der Waals surface area contributed by atoms with Crippen molar-refractivity contribution in [3.63, 3.8) is 0 Å². The molecule has 0 radical (unpaired) electrons. The minimum atomic E-state index is 0.275. The summed E-state index contributed by atoms with van der Waals surface area (Å²) < 4.78 is 0. The van der Waals surface area contributed by atoms with Crippen molar-refractivity contribution in [2.75, 3.05) is 37.6 Å². The second-order valence-electron chi connectivity index (χ2n) is 9.57. The highest BCUT2D eigenvalue weighted by molar-refractivity contribution is 5.80. The highest BCUT2D eigenvalue weighted by Crippen LogP contribution is 2.49. The first-order valence-electron chi connectivity index (χ1n) is 10.00. The van der Waals surface area contributed by atoms with E-state index in [-0.39, 0.29) is 5.41 Å². The Kier molecular flexibility index (Phi) is 5.03. The second-order valence-corrected chi connectivity index (χ2v) is 9.57. The van der Waals surface area contributed by atoms with E-state index in [2.05, 4.69) is 75.6 Å². The lowest BCUT2D eigenvalue weighted by atomic mass is 9.65. The molecule has 1 fully saturated rings. The summed E-state index contributed by atoms with van der Waals surface area (Å²) in [4.78, 5) is 5.17. The Labute approximate surface area is 154 Å². The summed E-state index contributed by atoms with van der Waals surface area (Å²) >= 11 is 0. The van der Waals surface area contributed by atoms with Crippen LogP contribution in [-0.2, 0) is 0 Å². The summed E-state index contributed by atoms with van der Waals surface area (Å²) in [6.07, 6.45) is 5.01. The molecule has 0 N–H and O–H groups in total. The van der Waals surface area contributed by atoms with Crippen LogP contribution in [0.3, 0.4) is 0 Å². The number of likely N-dealkylation sites (N-methyl/N-ethyl adjacent to an activating group) is 1. The zero-order valence-corrected chi connectivity index (χ0v) is 17.2. The minimum absolute atomic E-state index is 0.275. The first-order chi connectivity index (χ1) is 11.7. The van der Waals surface area contributed by atoms with Crippen LogP contribution in [-0.4, -0.2) is 37.6 Å². The van der Waals surface area contributed by atoms with Crippen molar-refractivity contribution in [3.8, 4) is 0 Å². The zero-order valence-electron chi connectivity index (χ0n) is 17.2. The van der Waals surface area contributed by atoms with Crippen molar-refractivity contribution < 1.29 is 0 Å². The smallest absolute Gasteiger partial charge is 0.0446 e. The lowest BCUT2D eigenvalue weighted by molar-refractivity contribution is 0.228. The van der Waals surface area contributed by atoms with E-state index in [4.69, 9.17) is 0 Å². The molecule has 1 aliphatic heterocycles. The van der Waals surface area contributed by atoms with Crippen LogP contribution < -0.4 is 4.90 Å². The molecule has 0 atom stereocenters. The summed E-state index contributed by atoms with van der Waals surface area (Å²) in [7, 11) is 0. The highest BCUT2D eigenvalue weighted by Gasteiger charge is 2.35. The van der Waals surface area contributed by atoms with Crippen LogP contribution in [0.15, 0.2) is 24.3 Å². The van der Waals surface area contributed by atoms with Gasteiger partial charge in [-0.2, -0.15) is 0 Å². The van der Waals surface area contributed by atoms with Crippen molar-refractivity contribution in [2.24, 2.45) is 10.8 Å². The molecule has 1 heterocycles. The third-order valence-electron chi connectivity index (χ3n) is 5.90. The van der Waals surface area contributed by atoms with Crippen molar-refractivity contribution >= 4 is 11.3 Å². The molecule has 0 unspecified atom stereocenters. The molecule has 25 heavy (non-hydrogen) atoms. The van der Waals surface area contributed by atoms with E-state index in [1.165, 1.54) is 49.3 Å². The van der Waals surface area contributed by atoms with Gasteiger partial charge in [0, 0.05) is 37.4 Å². The van der Waals surface area contributed by atoms with E-state index in [0.29, 0.717) is 5.41 Å². The van der Waals surface area contributed by atoms with Crippen LogP contribution in [0.5, 0.6) is 0 Å². The van der Waals surface area contributed by atoms with Gasteiger partial charge in [0.2, 0.25) is 0 Å². The van der Waals surface area contributed by atoms with Gasteiger partial charge in [-0.05, 0) is 54.3 Å². The number of nitrogens with zero attached hydrogens (tertiary/aromatic N) is 2. The molecule has 0 amide bonds. The molecular weight excluding hydrogens is 304 g/mol. The number of aryl methyl sites for hydroxylation is 1. The molecule has 3 rings (SSSR count). The number of allylic oxidation sites excluding steroid dienone is 2. The maximum Gasteiger partial charge on any atom is 0.0446 e. The predicted octanol–water partition coefficient (Wildman–Crippen LogP) is 5.37. The first kappa shape index (κ1) is 18.5. The molecule has 2 nitrogen and oxygen atoms in total. The molecular formula is C23H36N2. The van der Waals surface area contributed by atoms with Gasteiger partial charge in [0.15, 0.2) is 0 Å². The first-order valence-corrected chi connectivity index (χ1v) is 10.00. The van der Waals surface area contributed by atoms with Crippen molar-refractivity contribution in [1.82, 2.24) is 4.90 Å². The van der Waals surface area contributed by atoms with E-state index in [1.54, 1.807) is 5.57 Å². The van der Waals surface area contributed by atoms with Crippen LogP contribution in [0.1, 0.15) is 58.6 Å². The summed E-state index contributed by atoms with van der Waals surface area (Å²) in [6, 6.07) is 6.87. The predicted molar refractivity (Wildman–Crippen MR) is 110 cm³/mol. The van der Waals surface area contributed by atoms with Crippen molar-refractivity contribution in [2.45, 2.75) is 54.4 Å². The van der Waals surface area contributed by atoms with Gasteiger partial charge in [0.1, 0.15) is 0 Å². The zero-order chi connectivity index (χ0) is 18.2. The van der Waals surface area contributed by atoms with Gasteiger partial charge >= 0.3 is 0 Å². The minimum Gasteiger partial charge on any atom is -0.368 e. The lowest BCUT2D eigenvalue weighted by Gasteiger charge is -2.41. The maximum atomic E-state index is 2.62. The van der Waals surface area contributed by atoms with Gasteiger partial charge in [-0.25, -0.2) is 0 Å². The third kappa shape index (κ3) is 4.11. The molecule has 0 aromatic heterocycles. The number of hydrogen-bond acceptors (Lipinski definition) is 2. The molecule has 0 saturated carbocycles. The highest BCUT2D eigenvalue weighted by atomic mass is 15.3. The second kappa shape index (κ2) is 6.79. The standard InChI is InChI=1S/C23H36N2/c1-7-24-11-13-25(14-12-24)20-10-8-9-18(2)21(20)19-15-22(3,4)17-23(5,6)16-19/h8-10,15H,7,11-14,16-17H2,1-6H3. The number of benzene rings is 1. The van der Waals surface area contributed by atoms with E-state index in [9.17, 15) is 0 Å². The SMILES string of the molecule is CCN1CCN(c2cccc(C)c2C2=CC(C)(C)CC(C)(C)C2)CC1. The molecule has 1 saturated heterocycles. The average Bonchev–Trinajstić information content (AvgIpc) is 2.51. The number of piperazine rings is 1. The Morgan fingerprint density at radius 3 is 2.28 bits per heavy atom. The van der Waals surface area contributed by atoms with Crippen LogP contribution in [0.2, 0.25) is 0 Å². The molecule has 0 spiro atoms. The molecule has 2 aliphatic rings. The van der Waals surface area contributed by atoms with Gasteiger partial charge in [0.05, 0.1) is 0 Å². The number of hydrogen-bond donors (Lipinski definition) is 0. The fraction of sp³-hybridized carbons (Fsp3) is 0.652. The van der Waals surface area contributed by atoms with Gasteiger partial charge in [-0.15, -0.1) is 0 Å². The van der Waals surface area contributed by atoms with E-state index in [0.717, 1.165) is 13.1 Å². The third-order valence-corrected chi connectivity index (χ3v) is 5.90. The maximum absolute atomic E-state index is 2.62. The molecule has 1 aromatic rings. The van der Waals surface area contributed by atoms with Crippen molar-refractivity contribution in [1.29, 1.82) is 0 Å². The molecule has 1 aliphatic carbocycles. The summed E-state index contributed by atoms with van der Waals surface area (Å²) in [5.41, 5.74) is 6.59. The van der Waals surface area contributed by atoms with Crippen LogP contribution in [0.4, 0.5) is 5.69 Å². The van der Waals surface area contributed by atoms with E-state index >= 15 is 0 Å². The van der Waals surface area contributed by atoms with E-state index < -0.39 is 0 Å². The fourth-order valence-corrected chi connectivity index (χ4v) is 5.18. The fourth-order valence-electron chi connectivity index (χ4n) is 5.18. The number of anilines is 1. The molecule has 1 aromatic carbocycles. The van der Waals surface area contributed by atoms with Gasteiger partial charge < -0.3 is 9.80 Å². The van der Waals surface area contributed by atoms with Crippen LogP contribution >= 0.6 is 0 Å². The Morgan fingerprint density at radius 1 is 1.00 bits per heavy atom. The average molecular weight is 341 g/mol.